The number of terminal acetylenes is 1. The summed E-state index contributed by atoms with van der Waals surface area (Å²) in [5, 5.41) is 15.6. The van der Waals surface area contributed by atoms with Crippen molar-refractivity contribution in [1.29, 1.82) is 0 Å². The first-order chi connectivity index (χ1) is 20.5. The second-order valence-corrected chi connectivity index (χ2v) is 11.8. The first kappa shape index (κ1) is 31.2. The van der Waals surface area contributed by atoms with Crippen LogP contribution >= 0.6 is 0 Å². The van der Waals surface area contributed by atoms with E-state index < -0.39 is 29.7 Å². The maximum absolute atomic E-state index is 14.6. The first-order valence-corrected chi connectivity index (χ1v) is 14.5. The molecule has 0 aliphatic heterocycles. The third kappa shape index (κ3) is 8.62. The molecule has 3 aromatic rings. The fourth-order valence-corrected chi connectivity index (χ4v) is 4.96. The maximum atomic E-state index is 14.6. The molecule has 0 heterocycles. The third-order valence-corrected chi connectivity index (χ3v) is 7.32. The van der Waals surface area contributed by atoms with Crippen LogP contribution in [0.5, 0.6) is 5.75 Å². The number of nitrogens with one attached hydrogen (secondary N) is 2. The van der Waals surface area contributed by atoms with Gasteiger partial charge in [-0.2, -0.15) is 0 Å². The molecule has 8 heteroatoms. The Hall–Kier alpha value is -4.77. The predicted molar refractivity (Wildman–Crippen MR) is 165 cm³/mol. The molecular weight excluding hydrogens is 542 g/mol. The standard InChI is InChI=1S/C35H39N3O5/c1-5-24-14-18-27(19-15-24)31(32(40)36-23-26-10-7-6-8-11-26)38(28-12-9-13-28)33(41)30(37-34(42)43-35(2,3)4)22-25-16-20-29(39)21-17-25/h1,6-8,10-11,14-21,28,30-31,39H,9,12-13,22-23H2,2-4H3,(H,36,40)(H,37,42). The third-order valence-electron chi connectivity index (χ3n) is 7.32. The largest absolute Gasteiger partial charge is 0.508 e. The Morgan fingerprint density at radius 3 is 2.19 bits per heavy atom. The molecule has 0 spiro atoms. The number of aromatic hydroxyl groups is 1. The second kappa shape index (κ2) is 13.9. The highest BCUT2D eigenvalue weighted by Crippen LogP contribution is 2.34. The lowest BCUT2D eigenvalue weighted by molar-refractivity contribution is -0.147. The van der Waals surface area contributed by atoms with Gasteiger partial charge in [0.05, 0.1) is 0 Å². The van der Waals surface area contributed by atoms with Crippen LogP contribution in [0.1, 0.15) is 68.3 Å². The zero-order chi connectivity index (χ0) is 31.0. The quantitative estimate of drug-likeness (QED) is 0.284. The van der Waals surface area contributed by atoms with E-state index in [4.69, 9.17) is 11.2 Å². The highest BCUT2D eigenvalue weighted by molar-refractivity contribution is 5.92. The van der Waals surface area contributed by atoms with Gasteiger partial charge in [-0.15, -0.1) is 6.42 Å². The lowest BCUT2D eigenvalue weighted by atomic mass is 9.87. The molecule has 1 aliphatic carbocycles. The van der Waals surface area contributed by atoms with Crippen LogP contribution in [0.3, 0.4) is 0 Å². The number of carbonyl (C=O) groups excluding carboxylic acids is 3. The minimum atomic E-state index is -1.03. The van der Waals surface area contributed by atoms with Crippen molar-refractivity contribution >= 4 is 17.9 Å². The summed E-state index contributed by atoms with van der Waals surface area (Å²) in [5.41, 5.74) is 2.15. The van der Waals surface area contributed by atoms with Gasteiger partial charge in [-0.3, -0.25) is 9.59 Å². The fourth-order valence-electron chi connectivity index (χ4n) is 4.96. The SMILES string of the molecule is C#Cc1ccc(C(C(=O)NCc2ccccc2)N(C(=O)C(Cc2ccc(O)cc2)NC(=O)OC(C)(C)C)C2CCC2)cc1. The van der Waals surface area contributed by atoms with Gasteiger partial charge in [-0.25, -0.2) is 4.79 Å². The molecule has 2 atom stereocenters. The van der Waals surface area contributed by atoms with Gasteiger partial charge in [0.15, 0.2) is 0 Å². The zero-order valence-electron chi connectivity index (χ0n) is 24.9. The van der Waals surface area contributed by atoms with Crippen molar-refractivity contribution in [1.82, 2.24) is 15.5 Å². The average molecular weight is 582 g/mol. The van der Waals surface area contributed by atoms with E-state index in [0.717, 1.165) is 30.4 Å². The lowest BCUT2D eigenvalue weighted by Gasteiger charge is -2.43. The van der Waals surface area contributed by atoms with Gasteiger partial charge in [0.25, 0.3) is 0 Å². The summed E-state index contributed by atoms with van der Waals surface area (Å²) in [7, 11) is 0. The number of benzene rings is 3. The van der Waals surface area contributed by atoms with Crippen molar-refractivity contribution in [2.24, 2.45) is 0 Å². The van der Waals surface area contributed by atoms with Crippen LogP contribution in [-0.2, 0) is 27.3 Å². The fraction of sp³-hybridized carbons (Fsp3) is 0.343. The summed E-state index contributed by atoms with van der Waals surface area (Å²) in [6.45, 7) is 5.53. The molecule has 2 unspecified atom stereocenters. The number of alkyl carbamates (subject to hydrolysis) is 1. The van der Waals surface area contributed by atoms with Crippen molar-refractivity contribution in [2.45, 2.75) is 76.7 Å². The van der Waals surface area contributed by atoms with Gasteiger partial charge < -0.3 is 25.4 Å². The normalized spacial score (nSPS) is 14.4. The Morgan fingerprint density at radius 1 is 0.977 bits per heavy atom. The molecule has 3 aromatic carbocycles. The van der Waals surface area contributed by atoms with E-state index in [0.29, 0.717) is 17.7 Å². The van der Waals surface area contributed by atoms with E-state index in [9.17, 15) is 19.5 Å². The zero-order valence-corrected chi connectivity index (χ0v) is 24.9. The van der Waals surface area contributed by atoms with Crippen molar-refractivity contribution < 1.29 is 24.2 Å². The molecule has 1 aliphatic rings. The highest BCUT2D eigenvalue weighted by atomic mass is 16.6. The van der Waals surface area contributed by atoms with Crippen molar-refractivity contribution in [3.63, 3.8) is 0 Å². The van der Waals surface area contributed by atoms with Gasteiger partial charge >= 0.3 is 6.09 Å². The average Bonchev–Trinajstić information content (AvgIpc) is 2.95. The Morgan fingerprint density at radius 2 is 1.63 bits per heavy atom. The molecule has 0 radical (unpaired) electrons. The number of hydrogen-bond acceptors (Lipinski definition) is 5. The van der Waals surface area contributed by atoms with Crippen molar-refractivity contribution in [3.8, 4) is 18.1 Å². The summed E-state index contributed by atoms with van der Waals surface area (Å²) in [4.78, 5) is 43.1. The molecule has 0 bridgehead atoms. The Balaban J connectivity index is 1.71. The number of carbonyl (C=O) groups is 3. The lowest BCUT2D eigenvalue weighted by Crippen LogP contribution is -2.58. The molecule has 8 nitrogen and oxygen atoms in total. The molecule has 3 N–H and O–H groups in total. The van der Waals surface area contributed by atoms with Crippen LogP contribution < -0.4 is 10.6 Å². The van der Waals surface area contributed by atoms with Crippen molar-refractivity contribution in [3.05, 3.63) is 101 Å². The van der Waals surface area contributed by atoms with Gasteiger partial charge in [0.2, 0.25) is 11.8 Å². The number of phenolic OH excluding ortho intramolecular Hbond substituents is 1. The monoisotopic (exact) mass is 581 g/mol. The first-order valence-electron chi connectivity index (χ1n) is 14.5. The molecule has 4 rings (SSSR count). The number of phenols is 1. The summed E-state index contributed by atoms with van der Waals surface area (Å²) in [6, 6.07) is 20.9. The van der Waals surface area contributed by atoms with Crippen LogP contribution in [0.15, 0.2) is 78.9 Å². The second-order valence-electron chi connectivity index (χ2n) is 11.8. The summed E-state index contributed by atoms with van der Waals surface area (Å²) >= 11 is 0. The van der Waals surface area contributed by atoms with Gasteiger partial charge in [-0.1, -0.05) is 60.5 Å². The molecule has 1 fully saturated rings. The van der Waals surface area contributed by atoms with E-state index in [1.54, 1.807) is 62.1 Å². The Labute approximate surface area is 253 Å². The van der Waals surface area contributed by atoms with Crippen LogP contribution in [-0.4, -0.2) is 45.6 Å². The van der Waals surface area contributed by atoms with Crippen LogP contribution in [0.25, 0.3) is 0 Å². The molecular formula is C35H39N3O5. The van der Waals surface area contributed by atoms with Crippen LogP contribution in [0, 0.1) is 12.3 Å². The van der Waals surface area contributed by atoms with Gasteiger partial charge in [-0.05, 0) is 81.0 Å². The number of nitrogens with zero attached hydrogens (tertiary/aromatic N) is 1. The van der Waals surface area contributed by atoms with E-state index in [2.05, 4.69) is 16.6 Å². The highest BCUT2D eigenvalue weighted by Gasteiger charge is 2.42. The van der Waals surface area contributed by atoms with E-state index in [1.807, 2.05) is 30.3 Å². The molecule has 43 heavy (non-hydrogen) atoms. The summed E-state index contributed by atoms with van der Waals surface area (Å²) in [6.07, 6.45) is 7.37. The topological polar surface area (TPSA) is 108 Å². The Kier molecular flexibility index (Phi) is 10.1. The number of ether oxygens (including phenoxy) is 1. The molecule has 0 saturated heterocycles. The van der Waals surface area contributed by atoms with Gasteiger partial charge in [0.1, 0.15) is 23.4 Å². The van der Waals surface area contributed by atoms with Crippen LogP contribution in [0.2, 0.25) is 0 Å². The van der Waals surface area contributed by atoms with Gasteiger partial charge in [0, 0.05) is 24.6 Å². The van der Waals surface area contributed by atoms with E-state index >= 15 is 0 Å². The number of rotatable bonds is 10. The minimum absolute atomic E-state index is 0.0911. The van der Waals surface area contributed by atoms with Crippen molar-refractivity contribution in [2.75, 3.05) is 0 Å². The number of hydrogen-bond donors (Lipinski definition) is 3. The molecule has 224 valence electrons. The molecule has 0 aromatic heterocycles. The van der Waals surface area contributed by atoms with Crippen LogP contribution in [0.4, 0.5) is 4.79 Å². The molecule has 1 saturated carbocycles. The number of amides is 3. The summed E-state index contributed by atoms with van der Waals surface area (Å²) in [5.74, 6) is 1.95. The predicted octanol–water partition coefficient (Wildman–Crippen LogP) is 5.25. The van der Waals surface area contributed by atoms with E-state index in [-0.39, 0.29) is 24.1 Å². The Bertz CT molecular complexity index is 1440. The molecule has 3 amide bonds. The smallest absolute Gasteiger partial charge is 0.408 e. The maximum Gasteiger partial charge on any atom is 0.408 e. The summed E-state index contributed by atoms with van der Waals surface area (Å²) < 4.78 is 5.50. The minimum Gasteiger partial charge on any atom is -0.508 e. The van der Waals surface area contributed by atoms with E-state index in [1.165, 1.54) is 12.1 Å².